The number of thiophene rings is 1. The summed E-state index contributed by atoms with van der Waals surface area (Å²) in [5.41, 5.74) is 0. The molecule has 15 heavy (non-hydrogen) atoms. The molecule has 1 atom stereocenters. The van der Waals surface area contributed by atoms with E-state index in [0.29, 0.717) is 5.25 Å². The van der Waals surface area contributed by atoms with Crippen LogP contribution in [0.25, 0.3) is 0 Å². The Labute approximate surface area is 100 Å². The summed E-state index contributed by atoms with van der Waals surface area (Å²) in [7, 11) is 1.75. The van der Waals surface area contributed by atoms with E-state index in [9.17, 15) is 0 Å². The summed E-state index contributed by atoms with van der Waals surface area (Å²) >= 11 is 3.75. The first kappa shape index (κ1) is 13.0. The molecule has 1 heterocycles. The zero-order valence-corrected chi connectivity index (χ0v) is 11.0. The molecule has 0 aliphatic heterocycles. The predicted octanol–water partition coefficient (Wildman–Crippen LogP) is 2.85. The number of rotatable bonds is 8. The molecule has 1 aromatic rings. The average molecular weight is 245 g/mol. The van der Waals surface area contributed by atoms with Crippen LogP contribution >= 0.6 is 23.1 Å². The number of nitrogens with one attached hydrogen (secondary N) is 1. The topological polar surface area (TPSA) is 21.3 Å². The molecule has 0 saturated heterocycles. The van der Waals surface area contributed by atoms with Gasteiger partial charge in [0, 0.05) is 25.5 Å². The highest BCUT2D eigenvalue weighted by Gasteiger charge is 2.03. The Kier molecular flexibility index (Phi) is 7.09. The van der Waals surface area contributed by atoms with Gasteiger partial charge in [-0.3, -0.25) is 0 Å². The van der Waals surface area contributed by atoms with E-state index in [2.05, 4.69) is 29.8 Å². The van der Waals surface area contributed by atoms with Crippen molar-refractivity contribution in [3.05, 3.63) is 17.5 Å². The lowest BCUT2D eigenvalue weighted by Crippen LogP contribution is -2.24. The largest absolute Gasteiger partial charge is 0.385 e. The lowest BCUT2D eigenvalue weighted by molar-refractivity contribution is 0.194. The normalized spacial score (nSPS) is 12.9. The van der Waals surface area contributed by atoms with Gasteiger partial charge in [-0.05, 0) is 24.4 Å². The van der Waals surface area contributed by atoms with Crippen molar-refractivity contribution in [3.63, 3.8) is 0 Å². The minimum absolute atomic E-state index is 0.631. The molecule has 1 rings (SSSR count). The van der Waals surface area contributed by atoms with Crippen molar-refractivity contribution in [2.24, 2.45) is 0 Å². The molecule has 0 aliphatic carbocycles. The Morgan fingerprint density at radius 2 is 2.47 bits per heavy atom. The van der Waals surface area contributed by atoms with Gasteiger partial charge in [0.2, 0.25) is 0 Å². The van der Waals surface area contributed by atoms with Gasteiger partial charge in [-0.25, -0.2) is 0 Å². The van der Waals surface area contributed by atoms with Crippen molar-refractivity contribution < 1.29 is 4.74 Å². The maximum absolute atomic E-state index is 4.99. The van der Waals surface area contributed by atoms with E-state index < -0.39 is 0 Å². The molecule has 1 aromatic heterocycles. The third-order valence-corrected chi connectivity index (χ3v) is 4.12. The van der Waals surface area contributed by atoms with E-state index in [1.807, 2.05) is 23.1 Å². The van der Waals surface area contributed by atoms with Gasteiger partial charge < -0.3 is 10.1 Å². The molecule has 0 aromatic carbocycles. The van der Waals surface area contributed by atoms with Crippen LogP contribution in [0.2, 0.25) is 0 Å². The molecule has 0 bridgehead atoms. The maximum Gasteiger partial charge on any atom is 0.0601 e. The predicted molar refractivity (Wildman–Crippen MR) is 69.0 cm³/mol. The average Bonchev–Trinajstić information content (AvgIpc) is 2.70. The van der Waals surface area contributed by atoms with E-state index in [-0.39, 0.29) is 0 Å². The van der Waals surface area contributed by atoms with Gasteiger partial charge in [0.25, 0.3) is 0 Å². The molecule has 0 saturated carbocycles. The lowest BCUT2D eigenvalue weighted by atomic mass is 10.4. The highest BCUT2D eigenvalue weighted by Crippen LogP contribution is 2.26. The zero-order chi connectivity index (χ0) is 10.9. The van der Waals surface area contributed by atoms with Gasteiger partial charge >= 0.3 is 0 Å². The Morgan fingerprint density at radius 1 is 1.60 bits per heavy atom. The molecular weight excluding hydrogens is 226 g/mol. The van der Waals surface area contributed by atoms with Crippen molar-refractivity contribution in [2.75, 3.05) is 26.8 Å². The molecule has 0 radical (unpaired) electrons. The van der Waals surface area contributed by atoms with Gasteiger partial charge in [0.15, 0.2) is 0 Å². The quantitative estimate of drug-likeness (QED) is 0.562. The summed E-state index contributed by atoms with van der Waals surface area (Å²) in [5, 5.41) is 6.19. The molecular formula is C11H19NOS2. The Bertz CT molecular complexity index is 239. The van der Waals surface area contributed by atoms with Crippen LogP contribution in [0.15, 0.2) is 21.7 Å². The van der Waals surface area contributed by atoms with Gasteiger partial charge in [0.1, 0.15) is 0 Å². The Hall–Kier alpha value is -0.0300. The van der Waals surface area contributed by atoms with Crippen LogP contribution in [0.1, 0.15) is 13.3 Å². The minimum Gasteiger partial charge on any atom is -0.385 e. The van der Waals surface area contributed by atoms with Crippen molar-refractivity contribution >= 4 is 23.1 Å². The molecule has 86 valence electrons. The van der Waals surface area contributed by atoms with E-state index in [0.717, 1.165) is 26.1 Å². The van der Waals surface area contributed by atoms with E-state index in [1.165, 1.54) is 4.21 Å². The van der Waals surface area contributed by atoms with Crippen LogP contribution in [0.3, 0.4) is 0 Å². The number of hydrogen-bond acceptors (Lipinski definition) is 4. The Morgan fingerprint density at radius 3 is 3.13 bits per heavy atom. The summed E-state index contributed by atoms with van der Waals surface area (Å²) < 4.78 is 6.39. The molecule has 2 nitrogen and oxygen atoms in total. The first-order valence-corrected chi connectivity index (χ1v) is 6.98. The molecule has 1 unspecified atom stereocenters. The fourth-order valence-corrected chi connectivity index (χ4v) is 3.30. The first-order chi connectivity index (χ1) is 7.33. The molecule has 4 heteroatoms. The standard InChI is InChI=1S/C11H19NOS2/c1-10(9-12-6-4-7-13-2)15-11-5-3-8-14-11/h3,5,8,10,12H,4,6-7,9H2,1-2H3. The third-order valence-electron chi connectivity index (χ3n) is 1.95. The number of hydrogen-bond donors (Lipinski definition) is 1. The summed E-state index contributed by atoms with van der Waals surface area (Å²) in [4.78, 5) is 0. The summed E-state index contributed by atoms with van der Waals surface area (Å²) in [6, 6.07) is 4.28. The molecule has 0 aliphatic rings. The number of thioether (sulfide) groups is 1. The first-order valence-electron chi connectivity index (χ1n) is 5.22. The highest BCUT2D eigenvalue weighted by atomic mass is 32.2. The van der Waals surface area contributed by atoms with Gasteiger partial charge in [-0.2, -0.15) is 0 Å². The van der Waals surface area contributed by atoms with Crippen LogP contribution in [0.4, 0.5) is 0 Å². The molecule has 0 spiro atoms. The fourth-order valence-electron chi connectivity index (χ4n) is 1.22. The molecule has 0 amide bonds. The summed E-state index contributed by atoms with van der Waals surface area (Å²) in [6.07, 6.45) is 1.09. The SMILES string of the molecule is COCCCNCC(C)Sc1cccs1. The molecule has 1 N–H and O–H groups in total. The maximum atomic E-state index is 4.99. The van der Waals surface area contributed by atoms with Crippen LogP contribution in [0, 0.1) is 0 Å². The van der Waals surface area contributed by atoms with Crippen LogP contribution in [-0.2, 0) is 4.74 Å². The van der Waals surface area contributed by atoms with Gasteiger partial charge in [-0.1, -0.05) is 13.0 Å². The highest BCUT2D eigenvalue weighted by molar-refractivity contribution is 8.01. The minimum atomic E-state index is 0.631. The van der Waals surface area contributed by atoms with Crippen molar-refractivity contribution in [3.8, 4) is 0 Å². The second-order valence-electron chi connectivity index (χ2n) is 3.41. The van der Waals surface area contributed by atoms with Crippen molar-refractivity contribution in [1.82, 2.24) is 5.32 Å². The summed E-state index contributed by atoms with van der Waals surface area (Å²) in [6.45, 7) is 5.21. The number of methoxy groups -OCH3 is 1. The second kappa shape index (κ2) is 8.16. The van der Waals surface area contributed by atoms with Crippen molar-refractivity contribution in [2.45, 2.75) is 22.8 Å². The van der Waals surface area contributed by atoms with Crippen LogP contribution in [-0.4, -0.2) is 32.1 Å². The summed E-state index contributed by atoms with van der Waals surface area (Å²) in [5.74, 6) is 0. The monoisotopic (exact) mass is 245 g/mol. The van der Waals surface area contributed by atoms with Crippen LogP contribution in [0.5, 0.6) is 0 Å². The van der Waals surface area contributed by atoms with Crippen LogP contribution < -0.4 is 5.32 Å². The zero-order valence-electron chi connectivity index (χ0n) is 9.36. The molecule has 0 fully saturated rings. The van der Waals surface area contributed by atoms with E-state index >= 15 is 0 Å². The number of ether oxygens (including phenoxy) is 1. The third kappa shape index (κ3) is 6.20. The lowest BCUT2D eigenvalue weighted by Gasteiger charge is -2.10. The fraction of sp³-hybridized carbons (Fsp3) is 0.636. The smallest absolute Gasteiger partial charge is 0.0601 e. The van der Waals surface area contributed by atoms with E-state index in [1.54, 1.807) is 7.11 Å². The van der Waals surface area contributed by atoms with Gasteiger partial charge in [-0.15, -0.1) is 23.1 Å². The Balaban J connectivity index is 2.01. The second-order valence-corrected chi connectivity index (χ2v) is 6.10. The van der Waals surface area contributed by atoms with Crippen molar-refractivity contribution in [1.29, 1.82) is 0 Å². The van der Waals surface area contributed by atoms with Gasteiger partial charge in [0.05, 0.1) is 4.21 Å². The van der Waals surface area contributed by atoms with E-state index in [4.69, 9.17) is 4.74 Å².